The van der Waals surface area contributed by atoms with E-state index < -0.39 is 0 Å². The van der Waals surface area contributed by atoms with Gasteiger partial charge < -0.3 is 19.0 Å². The van der Waals surface area contributed by atoms with Gasteiger partial charge in [0.1, 0.15) is 12.0 Å². The van der Waals surface area contributed by atoms with Gasteiger partial charge in [0.15, 0.2) is 5.69 Å². The standard InChI is InChI=1S/C20H20N4O4S/c1-27-15-6-4-14(5-7-15)23-8-10-24(11-9-23)19(26)16-13-28-20(21-16)22-18(25)17-3-2-12-29-17/h2-7,12-13H,8-11H2,1H3,(H,21,22,25). The van der Waals surface area contributed by atoms with E-state index in [0.717, 1.165) is 24.5 Å². The molecule has 2 aromatic heterocycles. The highest BCUT2D eigenvalue weighted by molar-refractivity contribution is 7.12. The van der Waals surface area contributed by atoms with Crippen molar-refractivity contribution in [3.05, 3.63) is 58.6 Å². The lowest BCUT2D eigenvalue weighted by Gasteiger charge is -2.35. The number of rotatable bonds is 5. The van der Waals surface area contributed by atoms with E-state index in [1.165, 1.54) is 17.6 Å². The van der Waals surface area contributed by atoms with Crippen molar-refractivity contribution in [2.45, 2.75) is 0 Å². The number of nitrogens with zero attached hydrogens (tertiary/aromatic N) is 3. The second-order valence-corrected chi connectivity index (χ2v) is 7.39. The number of piperazine rings is 1. The summed E-state index contributed by atoms with van der Waals surface area (Å²) in [5, 5.41) is 4.38. The predicted octanol–water partition coefficient (Wildman–Crippen LogP) is 2.96. The van der Waals surface area contributed by atoms with Crippen molar-refractivity contribution in [3.63, 3.8) is 0 Å². The van der Waals surface area contributed by atoms with E-state index in [-0.39, 0.29) is 23.5 Å². The highest BCUT2D eigenvalue weighted by atomic mass is 32.1. The second-order valence-electron chi connectivity index (χ2n) is 6.45. The smallest absolute Gasteiger partial charge is 0.302 e. The number of amides is 2. The van der Waals surface area contributed by atoms with Crippen LogP contribution in [0.2, 0.25) is 0 Å². The summed E-state index contributed by atoms with van der Waals surface area (Å²) in [7, 11) is 1.64. The van der Waals surface area contributed by atoms with Gasteiger partial charge in [-0.05, 0) is 35.7 Å². The van der Waals surface area contributed by atoms with Crippen LogP contribution in [-0.4, -0.2) is 55.0 Å². The average Bonchev–Trinajstić information content (AvgIpc) is 3.46. The maximum atomic E-state index is 12.7. The van der Waals surface area contributed by atoms with Crippen molar-refractivity contribution >= 4 is 34.9 Å². The fraction of sp³-hybridized carbons (Fsp3) is 0.250. The van der Waals surface area contributed by atoms with Crippen molar-refractivity contribution in [2.24, 2.45) is 0 Å². The minimum absolute atomic E-state index is 0.0172. The van der Waals surface area contributed by atoms with Crippen LogP contribution >= 0.6 is 11.3 Å². The minimum Gasteiger partial charge on any atom is -0.497 e. The largest absolute Gasteiger partial charge is 0.497 e. The zero-order valence-electron chi connectivity index (χ0n) is 15.8. The van der Waals surface area contributed by atoms with Gasteiger partial charge in [-0.15, -0.1) is 11.3 Å². The van der Waals surface area contributed by atoms with Gasteiger partial charge in [-0.2, -0.15) is 4.98 Å². The molecule has 1 fully saturated rings. The van der Waals surface area contributed by atoms with Crippen molar-refractivity contribution in [1.29, 1.82) is 0 Å². The van der Waals surface area contributed by atoms with Crippen LogP contribution in [0.1, 0.15) is 20.2 Å². The number of nitrogens with one attached hydrogen (secondary N) is 1. The molecule has 150 valence electrons. The Morgan fingerprint density at radius 2 is 1.90 bits per heavy atom. The Hall–Kier alpha value is -3.33. The number of hydrogen-bond acceptors (Lipinski definition) is 7. The van der Waals surface area contributed by atoms with Crippen LogP contribution in [0.5, 0.6) is 5.75 Å². The molecule has 2 amide bonds. The molecule has 0 atom stereocenters. The van der Waals surface area contributed by atoms with Gasteiger partial charge in [0.25, 0.3) is 11.8 Å². The van der Waals surface area contributed by atoms with Crippen LogP contribution in [0.15, 0.2) is 52.5 Å². The van der Waals surface area contributed by atoms with Gasteiger partial charge in [0.2, 0.25) is 0 Å². The van der Waals surface area contributed by atoms with Crippen LogP contribution < -0.4 is 15.0 Å². The maximum Gasteiger partial charge on any atom is 0.302 e. The average molecular weight is 412 g/mol. The monoisotopic (exact) mass is 412 g/mol. The first-order valence-corrected chi connectivity index (χ1v) is 10.0. The van der Waals surface area contributed by atoms with E-state index in [1.807, 2.05) is 29.6 Å². The SMILES string of the molecule is COc1ccc(N2CCN(C(=O)c3coc(NC(=O)c4cccs4)n3)CC2)cc1. The van der Waals surface area contributed by atoms with Crippen molar-refractivity contribution < 1.29 is 18.7 Å². The molecule has 9 heteroatoms. The molecule has 1 N–H and O–H groups in total. The molecule has 1 aromatic carbocycles. The second kappa shape index (κ2) is 8.36. The predicted molar refractivity (Wildman–Crippen MR) is 110 cm³/mol. The number of thiophene rings is 1. The number of methoxy groups -OCH3 is 1. The van der Waals surface area contributed by atoms with Crippen LogP contribution in [0.4, 0.5) is 11.7 Å². The topological polar surface area (TPSA) is 87.9 Å². The molecule has 1 aliphatic heterocycles. The lowest BCUT2D eigenvalue weighted by molar-refractivity contribution is 0.0740. The number of oxazole rings is 1. The molecule has 1 saturated heterocycles. The Kier molecular flexibility index (Phi) is 5.48. The molecule has 3 aromatic rings. The summed E-state index contributed by atoms with van der Waals surface area (Å²) >= 11 is 1.32. The highest BCUT2D eigenvalue weighted by Crippen LogP contribution is 2.21. The van der Waals surface area contributed by atoms with E-state index in [9.17, 15) is 9.59 Å². The summed E-state index contributed by atoms with van der Waals surface area (Å²) in [6, 6.07) is 11.4. The number of carbonyl (C=O) groups excluding carboxylic acids is 2. The van der Waals surface area contributed by atoms with Gasteiger partial charge in [-0.25, -0.2) is 0 Å². The van der Waals surface area contributed by atoms with Crippen LogP contribution in [0.3, 0.4) is 0 Å². The summed E-state index contributed by atoms with van der Waals surface area (Å²) in [5.74, 6) is 0.296. The molecule has 4 rings (SSSR count). The van der Waals surface area contributed by atoms with Crippen LogP contribution in [0, 0.1) is 0 Å². The molecular formula is C20H20N4O4S. The zero-order valence-corrected chi connectivity index (χ0v) is 16.6. The fourth-order valence-electron chi connectivity index (χ4n) is 3.12. The first-order chi connectivity index (χ1) is 14.1. The number of ether oxygens (including phenoxy) is 1. The molecule has 0 saturated carbocycles. The molecule has 1 aliphatic rings. The quantitative estimate of drug-likeness (QED) is 0.693. The number of benzene rings is 1. The number of hydrogen-bond donors (Lipinski definition) is 1. The third kappa shape index (κ3) is 4.24. The fourth-order valence-corrected chi connectivity index (χ4v) is 3.74. The summed E-state index contributed by atoms with van der Waals surface area (Å²) < 4.78 is 10.4. The lowest BCUT2D eigenvalue weighted by Crippen LogP contribution is -2.48. The van der Waals surface area contributed by atoms with Gasteiger partial charge in [-0.3, -0.25) is 14.9 Å². The summed E-state index contributed by atoms with van der Waals surface area (Å²) in [6.45, 7) is 2.60. The number of anilines is 2. The van der Waals surface area contributed by atoms with Gasteiger partial charge >= 0.3 is 6.01 Å². The minimum atomic E-state index is -0.311. The van der Waals surface area contributed by atoms with Crippen molar-refractivity contribution in [2.75, 3.05) is 43.5 Å². The first-order valence-electron chi connectivity index (χ1n) is 9.12. The lowest BCUT2D eigenvalue weighted by atomic mass is 10.2. The van der Waals surface area contributed by atoms with Crippen molar-refractivity contribution in [1.82, 2.24) is 9.88 Å². The Morgan fingerprint density at radius 3 is 2.55 bits per heavy atom. The Balaban J connectivity index is 1.33. The van der Waals surface area contributed by atoms with E-state index >= 15 is 0 Å². The molecule has 29 heavy (non-hydrogen) atoms. The molecule has 0 radical (unpaired) electrons. The molecule has 0 aliphatic carbocycles. The van der Waals surface area contributed by atoms with Gasteiger partial charge in [0.05, 0.1) is 12.0 Å². The van der Waals surface area contributed by atoms with Crippen LogP contribution in [-0.2, 0) is 0 Å². The first kappa shape index (κ1) is 19.0. The van der Waals surface area contributed by atoms with Gasteiger partial charge in [-0.1, -0.05) is 6.07 Å². The highest BCUT2D eigenvalue weighted by Gasteiger charge is 2.25. The van der Waals surface area contributed by atoms with Gasteiger partial charge in [0, 0.05) is 31.9 Å². The summed E-state index contributed by atoms with van der Waals surface area (Å²) in [4.78, 5) is 33.4. The van der Waals surface area contributed by atoms with E-state index in [0.29, 0.717) is 18.0 Å². The summed E-state index contributed by atoms with van der Waals surface area (Å²) in [6.07, 6.45) is 1.28. The Labute approximate surface area is 171 Å². The molecular weight excluding hydrogens is 392 g/mol. The van der Waals surface area contributed by atoms with E-state index in [1.54, 1.807) is 24.1 Å². The zero-order chi connectivity index (χ0) is 20.2. The summed E-state index contributed by atoms with van der Waals surface area (Å²) in [5.41, 5.74) is 1.28. The molecule has 8 nitrogen and oxygen atoms in total. The number of carbonyl (C=O) groups is 2. The maximum absolute atomic E-state index is 12.7. The molecule has 0 spiro atoms. The van der Waals surface area contributed by atoms with E-state index in [2.05, 4.69) is 15.2 Å². The molecule has 0 bridgehead atoms. The number of aromatic nitrogens is 1. The third-order valence-corrected chi connectivity index (χ3v) is 5.56. The Bertz CT molecular complexity index is 976. The normalized spacial score (nSPS) is 14.0. The Morgan fingerprint density at radius 1 is 1.14 bits per heavy atom. The molecule has 0 unspecified atom stereocenters. The van der Waals surface area contributed by atoms with E-state index in [4.69, 9.17) is 9.15 Å². The molecule has 3 heterocycles. The van der Waals surface area contributed by atoms with Crippen LogP contribution in [0.25, 0.3) is 0 Å². The van der Waals surface area contributed by atoms with Crippen molar-refractivity contribution in [3.8, 4) is 5.75 Å². The third-order valence-electron chi connectivity index (χ3n) is 4.69.